The van der Waals surface area contributed by atoms with Crippen LogP contribution in [-0.4, -0.2) is 116 Å². The number of fused-ring (bicyclic) bond motifs is 5. The van der Waals surface area contributed by atoms with Crippen molar-refractivity contribution in [3.05, 3.63) is 88.2 Å². The number of aryl methyl sites for hydroxylation is 3. The van der Waals surface area contributed by atoms with Gasteiger partial charge in [-0.05, 0) is 106 Å². The highest BCUT2D eigenvalue weighted by atomic mass is 16.5. The molecule has 4 bridgehead atoms. The summed E-state index contributed by atoms with van der Waals surface area (Å²) in [6.45, 7) is 10.1. The number of benzene rings is 3. The first-order valence-corrected chi connectivity index (χ1v) is 22.7. The molecule has 19 heteroatoms. The first-order chi connectivity index (χ1) is 32.6. The summed E-state index contributed by atoms with van der Waals surface area (Å²) in [5.41, 5.74) is 22.7. The fourth-order valence-electron chi connectivity index (χ4n) is 7.82. The Morgan fingerprint density at radius 1 is 0.897 bits per heavy atom. The van der Waals surface area contributed by atoms with Gasteiger partial charge in [0.15, 0.2) is 5.82 Å². The number of carbonyl (C=O) groups excluding carboxylic acids is 5. The van der Waals surface area contributed by atoms with Crippen LogP contribution in [0.1, 0.15) is 77.5 Å². The molecule has 4 atom stereocenters. The lowest BCUT2D eigenvalue weighted by Crippen LogP contribution is -2.56. The van der Waals surface area contributed by atoms with E-state index in [-0.39, 0.29) is 57.8 Å². The van der Waals surface area contributed by atoms with Crippen LogP contribution < -0.4 is 52.7 Å². The first-order valence-electron chi connectivity index (χ1n) is 22.7. The summed E-state index contributed by atoms with van der Waals surface area (Å²) in [6.07, 6.45) is 3.35. The van der Waals surface area contributed by atoms with Crippen LogP contribution in [0, 0.1) is 32.1 Å². The predicted octanol–water partition coefficient (Wildman–Crippen LogP) is 2.42. The minimum Gasteiger partial charge on any atom is -0.493 e. The van der Waals surface area contributed by atoms with E-state index >= 15 is 0 Å². The van der Waals surface area contributed by atoms with Gasteiger partial charge in [0.05, 0.1) is 23.9 Å². The first kappa shape index (κ1) is 51.8. The van der Waals surface area contributed by atoms with Crippen molar-refractivity contribution in [2.75, 3.05) is 53.0 Å². The van der Waals surface area contributed by atoms with Crippen molar-refractivity contribution >= 4 is 29.5 Å². The van der Waals surface area contributed by atoms with E-state index in [0.717, 1.165) is 35.3 Å². The van der Waals surface area contributed by atoms with Crippen molar-refractivity contribution in [1.29, 1.82) is 5.26 Å². The Balaban J connectivity index is 1.54. The lowest BCUT2D eigenvalue weighted by Gasteiger charge is -2.32. The molecule has 1 aliphatic rings. The molecule has 1 unspecified atom stereocenters. The van der Waals surface area contributed by atoms with Gasteiger partial charge in [-0.15, -0.1) is 0 Å². The number of rotatable bonds is 19. The number of likely N-dealkylation sites (N-methyl/N-ethyl adjacent to an activating group) is 1. The van der Waals surface area contributed by atoms with E-state index in [1.807, 2.05) is 32.0 Å². The van der Waals surface area contributed by atoms with Gasteiger partial charge in [0, 0.05) is 49.4 Å². The number of hydrogen-bond acceptors (Lipinski definition) is 14. The second-order valence-corrected chi connectivity index (χ2v) is 16.5. The summed E-state index contributed by atoms with van der Waals surface area (Å²) in [5, 5.41) is 19.9. The Bertz CT molecular complexity index is 2490. The van der Waals surface area contributed by atoms with Crippen molar-refractivity contribution in [3.8, 4) is 45.8 Å². The number of unbranched alkanes of at least 4 members (excludes halogenated alkanes) is 1. The Kier molecular flexibility index (Phi) is 18.7. The minimum absolute atomic E-state index is 0.00129. The van der Waals surface area contributed by atoms with Gasteiger partial charge in [-0.1, -0.05) is 25.5 Å². The zero-order valence-electron chi connectivity index (χ0n) is 39.6. The third-order valence-electron chi connectivity index (χ3n) is 11.3. The molecule has 1 aromatic heterocycles. The number of nitrogens with two attached hydrogens (primary N) is 3. The van der Waals surface area contributed by atoms with Crippen LogP contribution in [-0.2, 0) is 25.6 Å². The standard InChI is InChI=1S/C49H63N11O8/c1-7-8-19-68-43-28(2)22-34(23-29(43)3)44-55-27-37(30(4)56-44)46(62)58-38(13-14-50)49(65)60(6)42-33-10-12-41(67-21-17-53)36(26-33)35-24-32(9-11-40(35)66-20-16-52)25-39(47(63)54-18-15-51)59-45(61)31(5)57-48(42)64/h9-12,22-24,26-27,31,38-39,42H,7-8,13-14,16-21,25,50,52-53H2,1-6H3,(H,54,63)(H,57,64)(H,58,62)(H,59,61)/t31-,38?,39-,42-/m0/s1. The molecule has 10 N–H and O–H groups in total. The smallest absolute Gasteiger partial charge is 0.255 e. The van der Waals surface area contributed by atoms with E-state index < -0.39 is 53.7 Å². The molecule has 0 saturated carbocycles. The maximum atomic E-state index is 14.7. The summed E-state index contributed by atoms with van der Waals surface area (Å²) in [5.74, 6) is -1.41. The highest BCUT2D eigenvalue weighted by molar-refractivity contribution is 6.00. The fraction of sp³-hybridized carbons (Fsp3) is 0.429. The quantitative estimate of drug-likeness (QED) is 0.0525. The van der Waals surface area contributed by atoms with E-state index in [2.05, 4.69) is 38.2 Å². The van der Waals surface area contributed by atoms with Crippen LogP contribution in [0.4, 0.5) is 0 Å². The zero-order chi connectivity index (χ0) is 49.5. The molecule has 0 saturated heterocycles. The molecule has 0 fully saturated rings. The average Bonchev–Trinajstić information content (AvgIpc) is 3.32. The Hall–Kier alpha value is -7.14. The molecule has 19 nitrogen and oxygen atoms in total. The average molecular weight is 934 g/mol. The topological polar surface area (TPSA) is 292 Å². The van der Waals surface area contributed by atoms with E-state index in [9.17, 15) is 29.2 Å². The molecule has 5 rings (SSSR count). The highest BCUT2D eigenvalue weighted by Crippen LogP contribution is 2.40. The SMILES string of the molecule is CCCCOc1c(C)cc(-c2ncc(C(=O)NC(CCN)C(=O)N(C)[C@@H]3C(=O)N[C@@H](C)C(=O)N[C@H](C(=O)NCC#N)Cc4ccc(OCCN)c(c4)-c4cc3ccc4OCCN)c(C)n2)cc1C. The number of nitrogens with one attached hydrogen (secondary N) is 4. The van der Waals surface area contributed by atoms with Gasteiger partial charge >= 0.3 is 0 Å². The van der Waals surface area contributed by atoms with Crippen LogP contribution >= 0.6 is 0 Å². The molecule has 4 aromatic rings. The van der Waals surface area contributed by atoms with Crippen molar-refractivity contribution in [2.45, 2.75) is 84.5 Å². The molecular weight excluding hydrogens is 871 g/mol. The number of ether oxygens (including phenoxy) is 3. The molecule has 0 spiro atoms. The molecule has 0 radical (unpaired) electrons. The van der Waals surface area contributed by atoms with Gasteiger partial charge in [0.25, 0.3) is 5.91 Å². The molecule has 2 heterocycles. The van der Waals surface area contributed by atoms with Crippen molar-refractivity contribution in [1.82, 2.24) is 36.1 Å². The highest BCUT2D eigenvalue weighted by Gasteiger charge is 2.36. The summed E-state index contributed by atoms with van der Waals surface area (Å²) in [4.78, 5) is 80.8. The third-order valence-corrected chi connectivity index (χ3v) is 11.3. The lowest BCUT2D eigenvalue weighted by atomic mass is 9.93. The van der Waals surface area contributed by atoms with Crippen molar-refractivity contribution in [3.63, 3.8) is 0 Å². The summed E-state index contributed by atoms with van der Waals surface area (Å²) < 4.78 is 18.2. The van der Waals surface area contributed by atoms with Crippen LogP contribution in [0.3, 0.4) is 0 Å². The lowest BCUT2D eigenvalue weighted by molar-refractivity contribution is -0.141. The summed E-state index contributed by atoms with van der Waals surface area (Å²) in [7, 11) is 1.41. The van der Waals surface area contributed by atoms with Gasteiger partial charge in [-0.25, -0.2) is 9.97 Å². The minimum atomic E-state index is -1.41. The van der Waals surface area contributed by atoms with Crippen LogP contribution in [0.2, 0.25) is 0 Å². The van der Waals surface area contributed by atoms with Gasteiger partial charge in [0.1, 0.15) is 61.2 Å². The van der Waals surface area contributed by atoms with Crippen molar-refractivity contribution < 1.29 is 38.2 Å². The Labute approximate surface area is 396 Å². The van der Waals surface area contributed by atoms with Crippen LogP contribution in [0.25, 0.3) is 22.5 Å². The molecule has 68 heavy (non-hydrogen) atoms. The fourth-order valence-corrected chi connectivity index (χ4v) is 7.82. The predicted molar refractivity (Wildman–Crippen MR) is 255 cm³/mol. The van der Waals surface area contributed by atoms with E-state index in [4.69, 9.17) is 31.4 Å². The second-order valence-electron chi connectivity index (χ2n) is 16.5. The number of hydrogen-bond donors (Lipinski definition) is 7. The normalized spacial score (nSPS) is 16.2. The van der Waals surface area contributed by atoms with Gasteiger partial charge < -0.3 is 57.6 Å². The molecule has 0 aliphatic carbocycles. The van der Waals surface area contributed by atoms with Crippen LogP contribution in [0.15, 0.2) is 54.7 Å². The monoisotopic (exact) mass is 933 g/mol. The third kappa shape index (κ3) is 12.8. The number of nitriles is 1. The van der Waals surface area contributed by atoms with Crippen molar-refractivity contribution in [2.24, 2.45) is 17.2 Å². The Morgan fingerprint density at radius 3 is 2.18 bits per heavy atom. The maximum Gasteiger partial charge on any atom is 0.255 e. The van der Waals surface area contributed by atoms with Gasteiger partial charge in [0.2, 0.25) is 23.6 Å². The molecule has 5 amide bonds. The van der Waals surface area contributed by atoms with Gasteiger partial charge in [-0.2, -0.15) is 5.26 Å². The number of amides is 5. The molecule has 3 aromatic carbocycles. The summed E-state index contributed by atoms with van der Waals surface area (Å²) in [6, 6.07) is 10.9. The Morgan fingerprint density at radius 2 is 1.56 bits per heavy atom. The van der Waals surface area contributed by atoms with E-state index in [1.54, 1.807) is 43.3 Å². The summed E-state index contributed by atoms with van der Waals surface area (Å²) >= 11 is 0. The maximum absolute atomic E-state index is 14.7. The second kappa shape index (κ2) is 24.6. The largest absolute Gasteiger partial charge is 0.493 e. The van der Waals surface area contributed by atoms with Gasteiger partial charge in [-0.3, -0.25) is 24.0 Å². The van der Waals surface area contributed by atoms with E-state index in [1.165, 1.54) is 25.1 Å². The van der Waals surface area contributed by atoms with E-state index in [0.29, 0.717) is 51.9 Å². The number of aromatic nitrogens is 2. The zero-order valence-corrected chi connectivity index (χ0v) is 39.6. The number of nitrogens with zero attached hydrogens (tertiary/aromatic N) is 4. The molecule has 1 aliphatic heterocycles. The van der Waals surface area contributed by atoms with Crippen LogP contribution in [0.5, 0.6) is 17.2 Å². The molecular formula is C49H63N11O8. The molecule has 362 valence electrons. The number of carbonyl (C=O) groups is 5.